The zero-order valence-electron chi connectivity index (χ0n) is 8.88. The van der Waals surface area contributed by atoms with Crippen LogP contribution in [0.5, 0.6) is 0 Å². The van der Waals surface area contributed by atoms with Crippen molar-refractivity contribution in [1.29, 1.82) is 0 Å². The van der Waals surface area contributed by atoms with E-state index in [1.54, 1.807) is 0 Å². The van der Waals surface area contributed by atoms with E-state index in [0.717, 1.165) is 25.4 Å². The Labute approximate surface area is 86.0 Å². The van der Waals surface area contributed by atoms with E-state index in [9.17, 15) is 4.79 Å². The lowest BCUT2D eigenvalue weighted by Crippen LogP contribution is -2.35. The van der Waals surface area contributed by atoms with Crippen LogP contribution in [-0.2, 0) is 4.79 Å². The average Bonchev–Trinajstić information content (AvgIpc) is 2.96. The molecule has 1 saturated carbocycles. The molecule has 1 aliphatic carbocycles. The molecule has 0 atom stereocenters. The number of carbonyl (C=O) groups excluding carboxylic acids is 1. The van der Waals surface area contributed by atoms with Crippen LogP contribution >= 0.6 is 0 Å². The van der Waals surface area contributed by atoms with Gasteiger partial charge in [0, 0.05) is 6.54 Å². The highest BCUT2D eigenvalue weighted by atomic mass is 16.1. The van der Waals surface area contributed by atoms with Gasteiger partial charge in [0.15, 0.2) is 0 Å². The molecule has 80 valence electrons. The minimum atomic E-state index is 0.107. The van der Waals surface area contributed by atoms with Gasteiger partial charge >= 0.3 is 0 Å². The van der Waals surface area contributed by atoms with E-state index in [-0.39, 0.29) is 5.91 Å². The Bertz CT molecular complexity index is 197. The Morgan fingerprint density at radius 1 is 1.50 bits per heavy atom. The maximum absolute atomic E-state index is 11.2. The second-order valence-corrected chi connectivity index (χ2v) is 3.78. The molecule has 2 N–H and O–H groups in total. The summed E-state index contributed by atoms with van der Waals surface area (Å²) in [4.78, 5) is 11.2. The second-order valence-electron chi connectivity index (χ2n) is 3.78. The van der Waals surface area contributed by atoms with Crippen molar-refractivity contribution in [3.05, 3.63) is 12.2 Å². The van der Waals surface area contributed by atoms with Gasteiger partial charge in [0.25, 0.3) is 0 Å². The van der Waals surface area contributed by atoms with Crippen molar-refractivity contribution in [1.82, 2.24) is 10.6 Å². The van der Waals surface area contributed by atoms with Crippen molar-refractivity contribution in [3.63, 3.8) is 0 Å². The molecule has 0 heterocycles. The summed E-state index contributed by atoms with van der Waals surface area (Å²) in [5.41, 5.74) is 0. The van der Waals surface area contributed by atoms with E-state index in [2.05, 4.69) is 16.7 Å². The summed E-state index contributed by atoms with van der Waals surface area (Å²) in [5.74, 6) is 0.945. The standard InChI is InChI=1S/C11H20N2O/c1-2-3-4-7-13-11(14)9-12-8-10-5-6-10/h2-3,10,12H,4-9H2,1H3,(H,13,14)/b3-2+. The molecule has 14 heavy (non-hydrogen) atoms. The molecule has 1 rings (SSSR count). The highest BCUT2D eigenvalue weighted by Crippen LogP contribution is 2.27. The van der Waals surface area contributed by atoms with Crippen molar-refractivity contribution >= 4 is 5.91 Å². The summed E-state index contributed by atoms with van der Waals surface area (Å²) in [5, 5.41) is 6.02. The van der Waals surface area contributed by atoms with Crippen LogP contribution in [0.3, 0.4) is 0 Å². The highest BCUT2D eigenvalue weighted by Gasteiger charge is 2.20. The summed E-state index contributed by atoms with van der Waals surface area (Å²) in [6.45, 7) is 4.20. The zero-order chi connectivity index (χ0) is 10.2. The van der Waals surface area contributed by atoms with Crippen LogP contribution in [0.4, 0.5) is 0 Å². The fourth-order valence-electron chi connectivity index (χ4n) is 1.24. The van der Waals surface area contributed by atoms with Gasteiger partial charge in [0.1, 0.15) is 0 Å². The van der Waals surface area contributed by atoms with Gasteiger partial charge in [-0.25, -0.2) is 0 Å². The molecule has 0 aromatic carbocycles. The normalized spacial score (nSPS) is 16.1. The summed E-state index contributed by atoms with van der Waals surface area (Å²) in [6, 6.07) is 0. The minimum Gasteiger partial charge on any atom is -0.355 e. The molecule has 0 radical (unpaired) electrons. The number of hydrogen-bond acceptors (Lipinski definition) is 2. The molecule has 0 bridgehead atoms. The SMILES string of the molecule is C/C=C/CCNC(=O)CNCC1CC1. The molecule has 3 heteroatoms. The van der Waals surface area contributed by atoms with E-state index < -0.39 is 0 Å². The number of amides is 1. The molecule has 0 aromatic rings. The number of rotatable bonds is 7. The van der Waals surface area contributed by atoms with Gasteiger partial charge in [-0.2, -0.15) is 0 Å². The molecule has 0 saturated heterocycles. The third-order valence-electron chi connectivity index (χ3n) is 2.28. The molecule has 1 aliphatic rings. The highest BCUT2D eigenvalue weighted by molar-refractivity contribution is 5.77. The predicted molar refractivity (Wildman–Crippen MR) is 58.0 cm³/mol. The molecule has 1 amide bonds. The van der Waals surface area contributed by atoms with Gasteiger partial charge in [0.05, 0.1) is 6.54 Å². The second kappa shape index (κ2) is 6.60. The third kappa shape index (κ3) is 5.75. The molecule has 3 nitrogen and oxygen atoms in total. The molecule has 0 unspecified atom stereocenters. The summed E-state index contributed by atoms with van der Waals surface area (Å²) >= 11 is 0. The smallest absolute Gasteiger partial charge is 0.233 e. The summed E-state index contributed by atoms with van der Waals surface area (Å²) in [7, 11) is 0. The fourth-order valence-corrected chi connectivity index (χ4v) is 1.24. The predicted octanol–water partition coefficient (Wildman–Crippen LogP) is 1.07. The van der Waals surface area contributed by atoms with Crippen LogP contribution < -0.4 is 10.6 Å². The topological polar surface area (TPSA) is 41.1 Å². The van der Waals surface area contributed by atoms with Crippen LogP contribution in [0.15, 0.2) is 12.2 Å². The Balaban J connectivity index is 1.87. The van der Waals surface area contributed by atoms with Crippen LogP contribution in [0.1, 0.15) is 26.2 Å². The number of allylic oxidation sites excluding steroid dienone is 1. The Morgan fingerprint density at radius 2 is 2.29 bits per heavy atom. The van der Waals surface area contributed by atoms with Crippen molar-refractivity contribution < 1.29 is 4.79 Å². The number of carbonyl (C=O) groups is 1. The summed E-state index contributed by atoms with van der Waals surface area (Å²) in [6.07, 6.45) is 7.63. The zero-order valence-corrected chi connectivity index (χ0v) is 8.88. The first-order valence-corrected chi connectivity index (χ1v) is 5.41. The van der Waals surface area contributed by atoms with Crippen LogP contribution in [-0.4, -0.2) is 25.5 Å². The van der Waals surface area contributed by atoms with Gasteiger partial charge in [-0.15, -0.1) is 0 Å². The lowest BCUT2D eigenvalue weighted by molar-refractivity contribution is -0.120. The van der Waals surface area contributed by atoms with Crippen molar-refractivity contribution in [2.45, 2.75) is 26.2 Å². The molecule has 0 spiro atoms. The lowest BCUT2D eigenvalue weighted by Gasteiger charge is -2.04. The van der Waals surface area contributed by atoms with E-state index in [1.807, 2.05) is 13.0 Å². The quantitative estimate of drug-likeness (QED) is 0.472. The first kappa shape index (κ1) is 11.2. The fraction of sp³-hybridized carbons (Fsp3) is 0.727. The van der Waals surface area contributed by atoms with Crippen LogP contribution in [0.2, 0.25) is 0 Å². The van der Waals surface area contributed by atoms with Gasteiger partial charge in [-0.05, 0) is 38.6 Å². The number of nitrogens with one attached hydrogen (secondary N) is 2. The number of hydrogen-bond donors (Lipinski definition) is 2. The largest absolute Gasteiger partial charge is 0.355 e. The van der Waals surface area contributed by atoms with Gasteiger partial charge < -0.3 is 10.6 Å². The van der Waals surface area contributed by atoms with Gasteiger partial charge in [0.2, 0.25) is 5.91 Å². The lowest BCUT2D eigenvalue weighted by atomic mass is 10.3. The molecule has 1 fully saturated rings. The average molecular weight is 196 g/mol. The van der Waals surface area contributed by atoms with Crippen molar-refractivity contribution in [2.75, 3.05) is 19.6 Å². The maximum Gasteiger partial charge on any atom is 0.233 e. The molecule has 0 aliphatic heterocycles. The monoisotopic (exact) mass is 196 g/mol. The maximum atomic E-state index is 11.2. The van der Waals surface area contributed by atoms with Gasteiger partial charge in [-0.3, -0.25) is 4.79 Å². The van der Waals surface area contributed by atoms with E-state index in [1.165, 1.54) is 12.8 Å². The molecular weight excluding hydrogens is 176 g/mol. The van der Waals surface area contributed by atoms with Crippen molar-refractivity contribution in [3.8, 4) is 0 Å². The van der Waals surface area contributed by atoms with E-state index in [4.69, 9.17) is 0 Å². The van der Waals surface area contributed by atoms with Crippen LogP contribution in [0.25, 0.3) is 0 Å². The minimum absolute atomic E-state index is 0.107. The first-order chi connectivity index (χ1) is 6.83. The Kier molecular flexibility index (Phi) is 5.30. The van der Waals surface area contributed by atoms with Crippen molar-refractivity contribution in [2.24, 2.45) is 5.92 Å². The first-order valence-electron chi connectivity index (χ1n) is 5.41. The Morgan fingerprint density at radius 3 is 2.93 bits per heavy atom. The Hall–Kier alpha value is -0.830. The van der Waals surface area contributed by atoms with Gasteiger partial charge in [-0.1, -0.05) is 12.2 Å². The van der Waals surface area contributed by atoms with E-state index in [0.29, 0.717) is 6.54 Å². The molecule has 0 aromatic heterocycles. The molecular formula is C11H20N2O. The van der Waals surface area contributed by atoms with E-state index >= 15 is 0 Å². The van der Waals surface area contributed by atoms with Crippen LogP contribution in [0, 0.1) is 5.92 Å². The third-order valence-corrected chi connectivity index (χ3v) is 2.28. The summed E-state index contributed by atoms with van der Waals surface area (Å²) < 4.78 is 0.